The van der Waals surface area contributed by atoms with Gasteiger partial charge in [-0.25, -0.2) is 0 Å². The lowest BCUT2D eigenvalue weighted by Crippen LogP contribution is -2.40. The van der Waals surface area contributed by atoms with Gasteiger partial charge in [0, 0.05) is 32.7 Å². The monoisotopic (exact) mass is 315 g/mol. The minimum Gasteiger partial charge on any atom is -0.492 e. The molecular weight excluding hydrogens is 290 g/mol. The molecule has 2 heterocycles. The molecule has 124 valence electrons. The van der Waals surface area contributed by atoms with Gasteiger partial charge in [-0.05, 0) is 37.1 Å². The van der Waals surface area contributed by atoms with E-state index in [0.717, 1.165) is 51.1 Å². The van der Waals surface area contributed by atoms with E-state index < -0.39 is 0 Å². The first-order valence-electron chi connectivity index (χ1n) is 8.49. The van der Waals surface area contributed by atoms with E-state index in [9.17, 15) is 0 Å². The van der Waals surface area contributed by atoms with Crippen LogP contribution in [-0.4, -0.2) is 68.9 Å². The van der Waals surface area contributed by atoms with Gasteiger partial charge < -0.3 is 9.47 Å². The second-order valence-electron chi connectivity index (χ2n) is 6.36. The molecule has 0 bridgehead atoms. The van der Waals surface area contributed by atoms with Crippen molar-refractivity contribution < 1.29 is 9.47 Å². The predicted octanol–water partition coefficient (Wildman–Crippen LogP) is 1.59. The highest BCUT2D eigenvalue weighted by Crippen LogP contribution is 2.18. The second-order valence-corrected chi connectivity index (χ2v) is 6.36. The molecular formula is C18H25N3O2. The maximum Gasteiger partial charge on any atom is 0.120 e. The summed E-state index contributed by atoms with van der Waals surface area (Å²) in [4.78, 5) is 5.01. The molecule has 0 radical (unpaired) electrons. The molecule has 2 saturated heterocycles. The van der Waals surface area contributed by atoms with Crippen LogP contribution in [0.3, 0.4) is 0 Å². The Morgan fingerprint density at radius 3 is 2.91 bits per heavy atom. The van der Waals surface area contributed by atoms with Gasteiger partial charge in [0.2, 0.25) is 0 Å². The molecule has 0 unspecified atom stereocenters. The minimum absolute atomic E-state index is 0.647. The topological polar surface area (TPSA) is 48.7 Å². The zero-order valence-corrected chi connectivity index (χ0v) is 13.6. The summed E-state index contributed by atoms with van der Waals surface area (Å²) in [6.45, 7) is 9.08. The molecule has 1 atom stereocenters. The average Bonchev–Trinajstić information content (AvgIpc) is 3.03. The van der Waals surface area contributed by atoms with Crippen LogP contribution in [0, 0.1) is 17.2 Å². The number of benzene rings is 1. The van der Waals surface area contributed by atoms with Crippen molar-refractivity contribution in [2.45, 2.75) is 6.42 Å². The van der Waals surface area contributed by atoms with E-state index in [1.54, 1.807) is 12.1 Å². The first-order valence-corrected chi connectivity index (χ1v) is 8.49. The van der Waals surface area contributed by atoms with E-state index in [1.165, 1.54) is 19.5 Å². The Morgan fingerprint density at radius 2 is 2.09 bits per heavy atom. The van der Waals surface area contributed by atoms with Crippen molar-refractivity contribution in [3.8, 4) is 11.8 Å². The second kappa shape index (κ2) is 8.30. The molecule has 3 rings (SSSR count). The Morgan fingerprint density at radius 1 is 1.22 bits per heavy atom. The highest BCUT2D eigenvalue weighted by Gasteiger charge is 2.24. The molecule has 5 heteroatoms. The van der Waals surface area contributed by atoms with Gasteiger partial charge in [-0.2, -0.15) is 5.26 Å². The Hall–Kier alpha value is -1.61. The van der Waals surface area contributed by atoms with Gasteiger partial charge >= 0.3 is 0 Å². The van der Waals surface area contributed by atoms with E-state index in [2.05, 4.69) is 15.9 Å². The summed E-state index contributed by atoms with van der Waals surface area (Å²) in [6, 6.07) is 9.50. The largest absolute Gasteiger partial charge is 0.492 e. The van der Waals surface area contributed by atoms with Crippen LogP contribution in [0.15, 0.2) is 24.3 Å². The molecule has 0 aromatic heterocycles. The van der Waals surface area contributed by atoms with E-state index in [-0.39, 0.29) is 0 Å². The number of nitriles is 1. The van der Waals surface area contributed by atoms with Crippen LogP contribution in [-0.2, 0) is 4.74 Å². The SMILES string of the molecule is N#Cc1cccc(OCCN2CC[C@@H](CN3CCOCC3)C2)c1. The van der Waals surface area contributed by atoms with Gasteiger partial charge in [0.1, 0.15) is 12.4 Å². The standard InChI is InChI=1S/C18H25N3O2/c19-13-16-2-1-3-18(12-16)23-11-8-20-5-4-17(14-20)15-21-6-9-22-10-7-21/h1-3,12,17H,4-11,14-15H2/t17-/m1/s1. The van der Waals surface area contributed by atoms with Crippen molar-refractivity contribution in [2.24, 2.45) is 5.92 Å². The quantitative estimate of drug-likeness (QED) is 0.798. The van der Waals surface area contributed by atoms with Crippen LogP contribution in [0.2, 0.25) is 0 Å². The smallest absolute Gasteiger partial charge is 0.120 e. The van der Waals surface area contributed by atoms with E-state index >= 15 is 0 Å². The summed E-state index contributed by atoms with van der Waals surface area (Å²) in [7, 11) is 0. The zero-order chi connectivity index (χ0) is 15.9. The van der Waals surface area contributed by atoms with Crippen LogP contribution < -0.4 is 4.74 Å². The van der Waals surface area contributed by atoms with Gasteiger partial charge in [0.25, 0.3) is 0 Å². The maximum absolute atomic E-state index is 8.90. The Labute approximate surface area is 138 Å². The fourth-order valence-electron chi connectivity index (χ4n) is 3.36. The zero-order valence-electron chi connectivity index (χ0n) is 13.6. The fraction of sp³-hybridized carbons (Fsp3) is 0.611. The normalized spacial score (nSPS) is 22.8. The number of hydrogen-bond acceptors (Lipinski definition) is 5. The molecule has 2 aliphatic heterocycles. The summed E-state index contributed by atoms with van der Waals surface area (Å²) >= 11 is 0. The fourth-order valence-corrected chi connectivity index (χ4v) is 3.36. The number of morpholine rings is 1. The number of hydrogen-bond donors (Lipinski definition) is 0. The number of likely N-dealkylation sites (tertiary alicyclic amines) is 1. The summed E-state index contributed by atoms with van der Waals surface area (Å²) < 4.78 is 11.2. The van der Waals surface area contributed by atoms with Gasteiger partial charge in [0.15, 0.2) is 0 Å². The number of nitrogens with zero attached hydrogens (tertiary/aromatic N) is 3. The lowest BCUT2D eigenvalue weighted by molar-refractivity contribution is 0.0311. The Kier molecular flexibility index (Phi) is 5.87. The van der Waals surface area contributed by atoms with Crippen LogP contribution >= 0.6 is 0 Å². The van der Waals surface area contributed by atoms with Crippen molar-refractivity contribution in [2.75, 3.05) is 59.1 Å². The summed E-state index contributed by atoms with van der Waals surface area (Å²) in [5.74, 6) is 1.56. The summed E-state index contributed by atoms with van der Waals surface area (Å²) in [5.41, 5.74) is 0.647. The van der Waals surface area contributed by atoms with Crippen molar-refractivity contribution in [1.82, 2.24) is 9.80 Å². The molecule has 1 aromatic carbocycles. The number of rotatable bonds is 6. The van der Waals surface area contributed by atoms with Gasteiger partial charge in [0.05, 0.1) is 24.8 Å². The predicted molar refractivity (Wildman–Crippen MR) is 88.5 cm³/mol. The first-order chi connectivity index (χ1) is 11.3. The van der Waals surface area contributed by atoms with Crippen LogP contribution in [0.5, 0.6) is 5.75 Å². The molecule has 0 aliphatic carbocycles. The van der Waals surface area contributed by atoms with Crippen LogP contribution in [0.4, 0.5) is 0 Å². The summed E-state index contributed by atoms with van der Waals surface area (Å²) in [5, 5.41) is 8.90. The highest BCUT2D eigenvalue weighted by molar-refractivity contribution is 5.36. The third-order valence-corrected chi connectivity index (χ3v) is 4.63. The third-order valence-electron chi connectivity index (χ3n) is 4.63. The Bertz CT molecular complexity index is 537. The van der Waals surface area contributed by atoms with Crippen molar-refractivity contribution in [3.63, 3.8) is 0 Å². The molecule has 0 spiro atoms. The van der Waals surface area contributed by atoms with Crippen molar-refractivity contribution in [3.05, 3.63) is 29.8 Å². The third kappa shape index (κ3) is 4.93. The van der Waals surface area contributed by atoms with Crippen molar-refractivity contribution >= 4 is 0 Å². The number of ether oxygens (including phenoxy) is 2. The van der Waals surface area contributed by atoms with Gasteiger partial charge in [-0.1, -0.05) is 6.07 Å². The lowest BCUT2D eigenvalue weighted by Gasteiger charge is -2.29. The van der Waals surface area contributed by atoms with E-state index in [4.69, 9.17) is 14.7 Å². The summed E-state index contributed by atoms with van der Waals surface area (Å²) in [6.07, 6.45) is 1.28. The molecule has 0 amide bonds. The molecule has 2 aliphatic rings. The van der Waals surface area contributed by atoms with Gasteiger partial charge in [-0.3, -0.25) is 9.80 Å². The van der Waals surface area contributed by atoms with Crippen molar-refractivity contribution in [1.29, 1.82) is 5.26 Å². The van der Waals surface area contributed by atoms with Crippen LogP contribution in [0.1, 0.15) is 12.0 Å². The lowest BCUT2D eigenvalue weighted by atomic mass is 10.1. The van der Waals surface area contributed by atoms with Crippen LogP contribution in [0.25, 0.3) is 0 Å². The Balaban J connectivity index is 1.36. The molecule has 2 fully saturated rings. The maximum atomic E-state index is 8.90. The first kappa shape index (κ1) is 16.3. The molecule has 0 N–H and O–H groups in total. The molecule has 5 nitrogen and oxygen atoms in total. The molecule has 0 saturated carbocycles. The highest BCUT2D eigenvalue weighted by atomic mass is 16.5. The molecule has 1 aromatic rings. The molecule has 23 heavy (non-hydrogen) atoms. The van der Waals surface area contributed by atoms with E-state index in [0.29, 0.717) is 12.2 Å². The van der Waals surface area contributed by atoms with E-state index in [1.807, 2.05) is 12.1 Å². The average molecular weight is 315 g/mol. The minimum atomic E-state index is 0.647. The van der Waals surface area contributed by atoms with Gasteiger partial charge in [-0.15, -0.1) is 0 Å².